The first-order valence-electron chi connectivity index (χ1n) is 10.6. The summed E-state index contributed by atoms with van der Waals surface area (Å²) in [5.74, 6) is 0.560. The molecular weight excluding hydrogens is 563 g/mol. The molecule has 1 unspecified atom stereocenters. The van der Waals surface area contributed by atoms with Crippen LogP contribution in [0.4, 0.5) is 0 Å². The average molecular weight is 599 g/mol. The Balaban J connectivity index is 0. The van der Waals surface area contributed by atoms with Gasteiger partial charge in [0, 0.05) is 0 Å². The molecule has 0 fully saturated rings. The van der Waals surface area contributed by atoms with Gasteiger partial charge in [0.05, 0.1) is 0 Å². The van der Waals surface area contributed by atoms with Crippen LogP contribution in [0.5, 0.6) is 0 Å². The zero-order chi connectivity index (χ0) is 22.5. The number of hydrogen-bond donors (Lipinski definition) is 0. The second-order valence-corrected chi connectivity index (χ2v) is 8.17. The SMILES string of the molecule is CC1=[C-]C(C)C(C)=C1C.Cc1cc2c(-c3cccc4ccccc34)cccc2[cH-]1.Cl.Cl.[CH3-].[CH3-].[Si]=[Zr]. The van der Waals surface area contributed by atoms with Crippen LogP contribution in [0.3, 0.4) is 0 Å². The summed E-state index contributed by atoms with van der Waals surface area (Å²) in [6.45, 7) is 13.9. The molecule has 0 aromatic heterocycles. The molecule has 0 spiro atoms. The predicted octanol–water partition coefficient (Wildman–Crippen LogP) is 9.77. The summed E-state index contributed by atoms with van der Waals surface area (Å²) in [6, 6.07) is 26.2. The van der Waals surface area contributed by atoms with Crippen LogP contribution in [0.2, 0.25) is 0 Å². The van der Waals surface area contributed by atoms with Crippen LogP contribution in [-0.4, -0.2) is 6.88 Å². The molecule has 4 aromatic carbocycles. The molecule has 4 heteroatoms. The molecule has 0 amide bonds. The van der Waals surface area contributed by atoms with Gasteiger partial charge in [-0.25, -0.2) is 5.57 Å². The molecule has 1 atom stereocenters. The van der Waals surface area contributed by atoms with E-state index in [0.717, 1.165) is 0 Å². The van der Waals surface area contributed by atoms with Crippen molar-refractivity contribution in [2.45, 2.75) is 34.6 Å². The van der Waals surface area contributed by atoms with Crippen LogP contribution in [0.25, 0.3) is 32.7 Å². The maximum atomic E-state index is 3.36. The van der Waals surface area contributed by atoms with Crippen molar-refractivity contribution in [2.24, 2.45) is 5.92 Å². The van der Waals surface area contributed by atoms with Gasteiger partial charge < -0.3 is 14.9 Å². The van der Waals surface area contributed by atoms with Crippen molar-refractivity contribution in [3.8, 4) is 11.1 Å². The standard InChI is InChI=1S/C20H15.C9H13.2CH3.2ClH.Si.Zr/c1-14-12-16-8-5-11-19(20(16)13-14)18-10-4-7-15-6-2-3-9-17(15)18;1-6-5-7(2)9(4)8(6)3;;;;;;/h2-13H,1H3;6H,1-4H3;2*1H3;2*1H;;/q4*-1;;;;. The molecule has 0 saturated carbocycles. The van der Waals surface area contributed by atoms with E-state index < -0.39 is 0 Å². The van der Waals surface area contributed by atoms with Crippen LogP contribution in [-0.2, 0) is 23.3 Å². The molecule has 1 aliphatic carbocycles. The van der Waals surface area contributed by atoms with Crippen LogP contribution in [0.15, 0.2) is 89.5 Å². The number of hydrogen-bond acceptors (Lipinski definition) is 0. The quantitative estimate of drug-likeness (QED) is 0.151. The van der Waals surface area contributed by atoms with Crippen molar-refractivity contribution in [3.63, 3.8) is 0 Å². The molecule has 4 aromatic rings. The van der Waals surface area contributed by atoms with E-state index in [9.17, 15) is 0 Å². The predicted molar refractivity (Wildman–Crippen MR) is 160 cm³/mol. The number of allylic oxidation sites excluding steroid dienone is 4. The van der Waals surface area contributed by atoms with Crippen LogP contribution >= 0.6 is 24.8 Å². The summed E-state index contributed by atoms with van der Waals surface area (Å²) in [5.41, 5.74) is 8.22. The zero-order valence-electron chi connectivity index (χ0n) is 21.8. The molecule has 0 aliphatic heterocycles. The van der Waals surface area contributed by atoms with Gasteiger partial charge >= 0.3 is 30.2 Å². The van der Waals surface area contributed by atoms with Gasteiger partial charge in [-0.05, 0) is 16.3 Å². The Morgan fingerprint density at radius 2 is 1.31 bits per heavy atom. The Labute approximate surface area is 242 Å². The number of aryl methyl sites for hydroxylation is 1. The van der Waals surface area contributed by atoms with Gasteiger partial charge in [-0.15, -0.1) is 66.3 Å². The molecule has 5 rings (SSSR count). The third kappa shape index (κ3) is 8.09. The molecule has 1 aliphatic rings. The van der Waals surface area contributed by atoms with E-state index in [1.165, 1.54) is 78.3 Å². The summed E-state index contributed by atoms with van der Waals surface area (Å²) in [4.78, 5) is 0. The number of rotatable bonds is 1. The van der Waals surface area contributed by atoms with E-state index in [1.807, 2.05) is 0 Å². The number of fused-ring (bicyclic) bond motifs is 2. The van der Waals surface area contributed by atoms with E-state index in [4.69, 9.17) is 0 Å². The van der Waals surface area contributed by atoms with E-state index in [2.05, 4.69) is 120 Å². The van der Waals surface area contributed by atoms with Crippen LogP contribution in [0.1, 0.15) is 33.3 Å². The third-order valence-corrected chi connectivity index (χ3v) is 6.21. The maximum absolute atomic E-state index is 3.36. The summed E-state index contributed by atoms with van der Waals surface area (Å²) < 4.78 is 0. The second-order valence-electron chi connectivity index (χ2n) is 8.17. The fraction of sp³-hybridized carbons (Fsp3) is 0.194. The van der Waals surface area contributed by atoms with Gasteiger partial charge in [-0.2, -0.15) is 17.2 Å². The van der Waals surface area contributed by atoms with Gasteiger partial charge in [0.25, 0.3) is 0 Å². The summed E-state index contributed by atoms with van der Waals surface area (Å²) >= 11 is 1.36. The Bertz CT molecular complexity index is 1280. The van der Waals surface area contributed by atoms with Gasteiger partial charge in [-0.1, -0.05) is 87.7 Å². The second kappa shape index (κ2) is 16.4. The molecule has 0 nitrogen and oxygen atoms in total. The monoisotopic (exact) mass is 596 g/mol. The first-order chi connectivity index (χ1) is 15.0. The average Bonchev–Trinajstić information content (AvgIpc) is 3.28. The molecule has 2 radical (unpaired) electrons. The molecule has 35 heavy (non-hydrogen) atoms. The Morgan fingerprint density at radius 3 is 1.86 bits per heavy atom. The zero-order valence-corrected chi connectivity index (χ0v) is 26.9. The fourth-order valence-electron chi connectivity index (χ4n) is 4.24. The summed E-state index contributed by atoms with van der Waals surface area (Å²) in [5, 5.41) is 5.29. The van der Waals surface area contributed by atoms with Crippen molar-refractivity contribution >= 4 is 53.2 Å². The summed E-state index contributed by atoms with van der Waals surface area (Å²) in [7, 11) is 0. The number of halogens is 2. The normalized spacial score (nSPS) is 13.5. The van der Waals surface area contributed by atoms with Gasteiger partial charge in [0.1, 0.15) is 0 Å². The molecule has 0 saturated heterocycles. The van der Waals surface area contributed by atoms with Crippen LogP contribution < -0.4 is 0 Å². The van der Waals surface area contributed by atoms with Crippen molar-refractivity contribution in [2.75, 3.05) is 0 Å². The van der Waals surface area contributed by atoms with Crippen LogP contribution in [0, 0.1) is 33.8 Å². The minimum absolute atomic E-state index is 0. The van der Waals surface area contributed by atoms with Gasteiger partial charge in [-0.3, -0.25) is 6.08 Å². The summed E-state index contributed by atoms with van der Waals surface area (Å²) in [6.07, 6.45) is 3.36. The molecular formula is C31H36Cl2SiZr-4. The van der Waals surface area contributed by atoms with E-state index >= 15 is 0 Å². The Morgan fingerprint density at radius 1 is 0.771 bits per heavy atom. The molecule has 0 N–H and O–H groups in total. The third-order valence-electron chi connectivity index (χ3n) is 6.21. The van der Waals surface area contributed by atoms with Crippen molar-refractivity contribution in [3.05, 3.63) is 116 Å². The van der Waals surface area contributed by atoms with Crippen molar-refractivity contribution in [1.29, 1.82) is 0 Å². The topological polar surface area (TPSA) is 0 Å². The Hall–Kier alpha value is -1.31. The number of benzene rings is 3. The first kappa shape index (κ1) is 35.8. The van der Waals surface area contributed by atoms with Crippen molar-refractivity contribution < 1.29 is 23.3 Å². The van der Waals surface area contributed by atoms with Gasteiger partial charge in [0.15, 0.2) is 0 Å². The minimum atomic E-state index is 0. The van der Waals surface area contributed by atoms with E-state index in [0.29, 0.717) is 5.92 Å². The van der Waals surface area contributed by atoms with Gasteiger partial charge in [0.2, 0.25) is 0 Å². The van der Waals surface area contributed by atoms with Crippen molar-refractivity contribution in [1.82, 2.24) is 0 Å². The molecule has 0 heterocycles. The molecule has 186 valence electrons. The fourth-order valence-corrected chi connectivity index (χ4v) is 4.24. The molecule has 0 bridgehead atoms. The van der Waals surface area contributed by atoms with E-state index in [-0.39, 0.29) is 39.7 Å². The Kier molecular flexibility index (Phi) is 16.8. The first-order valence-corrected chi connectivity index (χ1v) is 14.8. The van der Waals surface area contributed by atoms with E-state index in [1.54, 1.807) is 0 Å².